The molecule has 0 bridgehead atoms. The van der Waals surface area contributed by atoms with E-state index in [1.165, 1.54) is 21.1 Å². The van der Waals surface area contributed by atoms with E-state index < -0.39 is 52.0 Å². The summed E-state index contributed by atoms with van der Waals surface area (Å²) < 4.78 is 112. The lowest BCUT2D eigenvalue weighted by atomic mass is 9.70. The van der Waals surface area contributed by atoms with E-state index >= 15 is 13.2 Å². The van der Waals surface area contributed by atoms with E-state index in [0.717, 1.165) is 25.3 Å². The first kappa shape index (κ1) is 28.3. The maximum Gasteiger partial charge on any atom is 0.297 e. The van der Waals surface area contributed by atoms with Gasteiger partial charge < -0.3 is 24.1 Å². The molecule has 1 aliphatic heterocycles. The van der Waals surface area contributed by atoms with Crippen LogP contribution in [-0.4, -0.2) is 66.8 Å². The number of ether oxygens (including phenoxy) is 4. The summed E-state index contributed by atoms with van der Waals surface area (Å²) in [5, 5.41) is 17.0. The molecule has 15 heteroatoms. The average molecular weight is 556 g/mol. The van der Waals surface area contributed by atoms with Crippen LogP contribution >= 0.6 is 12.4 Å². The molecule has 0 radical (unpaired) electrons. The number of hydrogen-bond donors (Lipinski definition) is 1. The van der Waals surface area contributed by atoms with Crippen molar-refractivity contribution in [1.29, 1.82) is 0 Å². The molecule has 0 saturated heterocycles. The van der Waals surface area contributed by atoms with Crippen LogP contribution < -0.4 is 18.9 Å². The van der Waals surface area contributed by atoms with Crippen LogP contribution in [0, 0.1) is 0 Å². The molecule has 1 unspecified atom stereocenters. The van der Waals surface area contributed by atoms with Crippen molar-refractivity contribution in [2.24, 2.45) is 4.99 Å². The molecule has 2 aromatic rings. The summed E-state index contributed by atoms with van der Waals surface area (Å²) in [7, 11) is 3.57. The van der Waals surface area contributed by atoms with Gasteiger partial charge in [0.25, 0.3) is 11.6 Å². The normalized spacial score (nSPS) is 28.4. The number of hydrogen-bond acceptors (Lipinski definition) is 8. The number of alkyl halides is 4. The first-order valence-electron chi connectivity index (χ1n) is 10.3. The highest BCUT2D eigenvalue weighted by Gasteiger charge is 2.77. The smallest absolute Gasteiger partial charge is 0.297 e. The van der Waals surface area contributed by atoms with E-state index in [0.29, 0.717) is 0 Å². The molecule has 0 fully saturated rings. The number of aromatic nitrogens is 2. The first-order chi connectivity index (χ1) is 16.9. The van der Waals surface area contributed by atoms with Crippen LogP contribution in [0.15, 0.2) is 34.8 Å². The van der Waals surface area contributed by atoms with Crippen molar-refractivity contribution in [3.05, 3.63) is 46.5 Å². The summed E-state index contributed by atoms with van der Waals surface area (Å²) in [5.41, 5.74) is -6.77. The molecule has 2 heterocycles. The van der Waals surface area contributed by atoms with Gasteiger partial charge in [0.15, 0.2) is 11.5 Å². The molecule has 1 aliphatic carbocycles. The van der Waals surface area contributed by atoms with Crippen LogP contribution in [0.3, 0.4) is 0 Å². The fourth-order valence-corrected chi connectivity index (χ4v) is 4.13. The minimum absolute atomic E-state index is 0. The third-order valence-electron chi connectivity index (χ3n) is 5.87. The average Bonchev–Trinajstić information content (AvgIpc) is 2.88. The molecule has 2 aliphatic rings. The van der Waals surface area contributed by atoms with Gasteiger partial charge in [-0.05, 0) is 19.1 Å². The van der Waals surface area contributed by atoms with Gasteiger partial charge >= 0.3 is 0 Å². The highest BCUT2D eigenvalue weighted by Crippen LogP contribution is 2.62. The topological polar surface area (TPSA) is 95.3 Å². The molecule has 202 valence electrons. The second kappa shape index (κ2) is 9.56. The summed E-state index contributed by atoms with van der Waals surface area (Å²) in [6.07, 6.45) is -3.99. The van der Waals surface area contributed by atoms with Crippen LogP contribution in [0.2, 0.25) is 0 Å². The number of aliphatic hydroxyl groups is 1. The second-order valence-corrected chi connectivity index (χ2v) is 7.75. The summed E-state index contributed by atoms with van der Waals surface area (Å²) in [6.45, 7) is 1.51. The van der Waals surface area contributed by atoms with Gasteiger partial charge in [0, 0.05) is 17.2 Å². The van der Waals surface area contributed by atoms with E-state index in [4.69, 9.17) is 18.9 Å². The molecule has 0 saturated carbocycles. The van der Waals surface area contributed by atoms with E-state index in [-0.39, 0.29) is 47.8 Å². The summed E-state index contributed by atoms with van der Waals surface area (Å²) in [4.78, 5) is 3.39. The number of fused-ring (bicyclic) bond motifs is 3. The first-order valence-corrected chi connectivity index (χ1v) is 10.3. The van der Waals surface area contributed by atoms with Crippen molar-refractivity contribution in [2.75, 3.05) is 27.9 Å². The van der Waals surface area contributed by atoms with Crippen molar-refractivity contribution >= 4 is 18.1 Å². The molecule has 37 heavy (non-hydrogen) atoms. The molecule has 8 nitrogen and oxygen atoms in total. The van der Waals surface area contributed by atoms with Gasteiger partial charge in [-0.1, -0.05) is 0 Å². The summed E-state index contributed by atoms with van der Waals surface area (Å²) in [5.74, 6) is -15.9. The number of methoxy groups -OCH3 is 3. The van der Waals surface area contributed by atoms with Gasteiger partial charge in [-0.15, -0.1) is 22.6 Å². The highest BCUT2D eigenvalue weighted by atomic mass is 35.5. The monoisotopic (exact) mass is 555 g/mol. The zero-order valence-corrected chi connectivity index (χ0v) is 20.4. The van der Waals surface area contributed by atoms with Crippen molar-refractivity contribution in [3.63, 3.8) is 0 Å². The van der Waals surface area contributed by atoms with Crippen LogP contribution in [0.25, 0.3) is 0 Å². The lowest BCUT2D eigenvalue weighted by molar-refractivity contribution is -0.222. The Morgan fingerprint density at radius 2 is 1.59 bits per heavy atom. The van der Waals surface area contributed by atoms with Crippen molar-refractivity contribution in [3.8, 4) is 23.3 Å². The van der Waals surface area contributed by atoms with Gasteiger partial charge in [0.1, 0.15) is 0 Å². The molecule has 0 amide bonds. The molecular formula is C22H20ClF6N3O5. The maximum atomic E-state index is 16.5. The van der Waals surface area contributed by atoms with Crippen molar-refractivity contribution < 1.29 is 50.4 Å². The van der Waals surface area contributed by atoms with Crippen LogP contribution in [-0.2, 0) is 5.67 Å². The van der Waals surface area contributed by atoms with Gasteiger partial charge in [-0.2, -0.15) is 0 Å². The van der Waals surface area contributed by atoms with Crippen molar-refractivity contribution in [2.45, 2.75) is 30.4 Å². The SMILES string of the molecule is CCOc1cc2c(cc1OC)C(c1cc(OC)nnc1OC)=N[C@]1(F)C(F)=C(F)[C@](O)(F)C(F)[C@]21F.Cl. The van der Waals surface area contributed by atoms with Gasteiger partial charge in [0.05, 0.1) is 39.2 Å². The summed E-state index contributed by atoms with van der Waals surface area (Å²) >= 11 is 0. The number of benzene rings is 1. The number of nitrogens with zero attached hydrogens (tertiary/aromatic N) is 3. The predicted molar refractivity (Wildman–Crippen MR) is 119 cm³/mol. The lowest BCUT2D eigenvalue weighted by Crippen LogP contribution is -2.64. The molecule has 4 rings (SSSR count). The van der Waals surface area contributed by atoms with Crippen LogP contribution in [0.5, 0.6) is 23.3 Å². The molecule has 4 atom stereocenters. The quantitative estimate of drug-likeness (QED) is 0.422. The minimum Gasteiger partial charge on any atom is -0.493 e. The maximum absolute atomic E-state index is 16.5. The molecule has 0 spiro atoms. The minimum atomic E-state index is -4.84. The van der Waals surface area contributed by atoms with E-state index in [1.54, 1.807) is 0 Å². The largest absolute Gasteiger partial charge is 0.493 e. The molecule has 1 aromatic carbocycles. The van der Waals surface area contributed by atoms with E-state index in [9.17, 15) is 18.3 Å². The fraction of sp³-hybridized carbons (Fsp3) is 0.409. The van der Waals surface area contributed by atoms with Crippen LogP contribution in [0.1, 0.15) is 23.6 Å². The Morgan fingerprint density at radius 3 is 2.16 bits per heavy atom. The zero-order valence-electron chi connectivity index (χ0n) is 19.6. The van der Waals surface area contributed by atoms with E-state index in [2.05, 4.69) is 15.2 Å². The number of halogens is 7. The molecular weight excluding hydrogens is 536 g/mol. The Morgan fingerprint density at radius 1 is 0.919 bits per heavy atom. The Bertz CT molecular complexity index is 1300. The lowest BCUT2D eigenvalue weighted by Gasteiger charge is -2.47. The Kier molecular flexibility index (Phi) is 7.32. The predicted octanol–water partition coefficient (Wildman–Crippen LogP) is 4.16. The fourth-order valence-electron chi connectivity index (χ4n) is 4.13. The van der Waals surface area contributed by atoms with Gasteiger partial charge in [-0.3, -0.25) is 0 Å². The zero-order chi connectivity index (χ0) is 26.6. The van der Waals surface area contributed by atoms with E-state index in [1.807, 2.05) is 0 Å². The number of rotatable bonds is 6. The van der Waals surface area contributed by atoms with Gasteiger partial charge in [0.2, 0.25) is 35.3 Å². The molecule has 1 aromatic heterocycles. The standard InChI is InChI=1S/C22H19F6N3O5.ClH/c1-5-36-13-8-11-9(6-12(13)33-2)15(10-7-14(34-3)30-31-18(10)35-4)29-22(28)17(24)16(23)21(27,32)19(25)20(11,22)26;/h6-8,19,32H,5H2,1-4H3;1H/t19?,20-,21-,22-;/m1./s1. The van der Waals surface area contributed by atoms with Crippen molar-refractivity contribution in [1.82, 2.24) is 10.2 Å². The second-order valence-electron chi connectivity index (χ2n) is 7.75. The Labute approximate surface area is 212 Å². The highest BCUT2D eigenvalue weighted by molar-refractivity contribution is 6.16. The summed E-state index contributed by atoms with van der Waals surface area (Å²) in [6, 6.07) is 2.90. The number of aliphatic imine (C=N–C) groups is 1. The Balaban J connectivity index is 0.00000380. The third kappa shape index (κ3) is 3.76. The van der Waals surface area contributed by atoms with Gasteiger partial charge in [-0.25, -0.2) is 31.3 Å². The van der Waals surface area contributed by atoms with Crippen LogP contribution in [0.4, 0.5) is 26.3 Å². The molecule has 1 N–H and O–H groups in total. The Hall–Kier alpha value is -3.26. The third-order valence-corrected chi connectivity index (χ3v) is 5.87.